The zero-order valence-corrected chi connectivity index (χ0v) is 11.4. The average Bonchev–Trinajstić information content (AvgIpc) is 2.65. The molecule has 0 saturated heterocycles. The highest BCUT2D eigenvalue weighted by Crippen LogP contribution is 2.24. The first-order chi connectivity index (χ1) is 7.65. The van der Waals surface area contributed by atoms with Gasteiger partial charge in [0.25, 0.3) is 0 Å². The minimum absolute atomic E-state index is 0.168. The van der Waals surface area contributed by atoms with E-state index >= 15 is 0 Å². The molecule has 1 aromatic heterocycles. The van der Waals surface area contributed by atoms with Gasteiger partial charge in [0.05, 0.1) is 10.7 Å². The first-order valence-electron chi connectivity index (χ1n) is 5.11. The summed E-state index contributed by atoms with van der Waals surface area (Å²) in [5, 5.41) is 3.18. The molecule has 2 nitrogen and oxygen atoms in total. The van der Waals surface area contributed by atoms with Crippen LogP contribution in [0.4, 0.5) is 0 Å². The maximum atomic E-state index is 5.76. The van der Waals surface area contributed by atoms with E-state index in [1.165, 1.54) is 0 Å². The summed E-state index contributed by atoms with van der Waals surface area (Å²) in [6.45, 7) is 2.00. The number of halogens is 1. The van der Waals surface area contributed by atoms with E-state index in [1.54, 1.807) is 11.3 Å². The fourth-order valence-electron chi connectivity index (χ4n) is 1.46. The standard InChI is InChI=1S/C12H13BrN2S/c1-8(14)5-12-15-11(7-16-12)9-3-2-4-10(13)6-9/h2-4,6-8H,5,14H2,1H3. The van der Waals surface area contributed by atoms with Crippen molar-refractivity contribution in [1.82, 2.24) is 4.98 Å². The summed E-state index contributed by atoms with van der Waals surface area (Å²) < 4.78 is 1.08. The molecule has 2 aromatic rings. The highest BCUT2D eigenvalue weighted by molar-refractivity contribution is 9.10. The first kappa shape index (κ1) is 11.8. The van der Waals surface area contributed by atoms with Crippen LogP contribution in [-0.2, 0) is 6.42 Å². The second-order valence-electron chi connectivity index (χ2n) is 3.82. The molecule has 2 rings (SSSR count). The van der Waals surface area contributed by atoms with Crippen molar-refractivity contribution in [1.29, 1.82) is 0 Å². The van der Waals surface area contributed by atoms with Crippen LogP contribution >= 0.6 is 27.3 Å². The van der Waals surface area contributed by atoms with Crippen LogP contribution in [-0.4, -0.2) is 11.0 Å². The second-order valence-corrected chi connectivity index (χ2v) is 5.68. The average molecular weight is 297 g/mol. The van der Waals surface area contributed by atoms with Gasteiger partial charge in [-0.3, -0.25) is 0 Å². The van der Waals surface area contributed by atoms with Crippen LogP contribution in [0.2, 0.25) is 0 Å². The van der Waals surface area contributed by atoms with Gasteiger partial charge in [0, 0.05) is 27.9 Å². The molecule has 1 atom stereocenters. The third-order valence-electron chi connectivity index (χ3n) is 2.17. The van der Waals surface area contributed by atoms with Crippen LogP contribution in [0.5, 0.6) is 0 Å². The van der Waals surface area contributed by atoms with E-state index in [9.17, 15) is 0 Å². The maximum Gasteiger partial charge on any atom is 0.0947 e. The molecule has 1 unspecified atom stereocenters. The number of thiazole rings is 1. The Hall–Kier alpha value is -0.710. The molecule has 0 radical (unpaired) electrons. The Bertz CT molecular complexity index is 479. The number of benzene rings is 1. The molecule has 0 aliphatic rings. The van der Waals surface area contributed by atoms with Crippen LogP contribution in [0.3, 0.4) is 0 Å². The Morgan fingerprint density at radius 2 is 2.31 bits per heavy atom. The molecule has 0 fully saturated rings. The molecule has 16 heavy (non-hydrogen) atoms. The van der Waals surface area contributed by atoms with Gasteiger partial charge in [-0.15, -0.1) is 11.3 Å². The first-order valence-corrected chi connectivity index (χ1v) is 6.78. The molecule has 2 N–H and O–H groups in total. The maximum absolute atomic E-state index is 5.76. The zero-order valence-electron chi connectivity index (χ0n) is 8.98. The Morgan fingerprint density at radius 1 is 1.50 bits per heavy atom. The minimum atomic E-state index is 0.168. The van der Waals surface area contributed by atoms with Crippen molar-refractivity contribution < 1.29 is 0 Å². The minimum Gasteiger partial charge on any atom is -0.328 e. The monoisotopic (exact) mass is 296 g/mol. The second kappa shape index (κ2) is 5.08. The molecule has 84 valence electrons. The predicted octanol–water partition coefficient (Wildman–Crippen LogP) is 3.46. The normalized spacial score (nSPS) is 12.7. The van der Waals surface area contributed by atoms with Crippen molar-refractivity contribution in [2.45, 2.75) is 19.4 Å². The van der Waals surface area contributed by atoms with Crippen LogP contribution in [0.25, 0.3) is 11.3 Å². The highest BCUT2D eigenvalue weighted by Gasteiger charge is 2.06. The molecule has 1 aromatic carbocycles. The summed E-state index contributed by atoms with van der Waals surface area (Å²) in [4.78, 5) is 4.58. The largest absolute Gasteiger partial charge is 0.328 e. The molecule has 0 spiro atoms. The highest BCUT2D eigenvalue weighted by atomic mass is 79.9. The van der Waals surface area contributed by atoms with E-state index < -0.39 is 0 Å². The molecule has 0 aliphatic carbocycles. The van der Waals surface area contributed by atoms with Gasteiger partial charge < -0.3 is 5.73 Å². The van der Waals surface area contributed by atoms with Gasteiger partial charge in [0.1, 0.15) is 0 Å². The molecule has 1 heterocycles. The molecule has 0 amide bonds. The van der Waals surface area contributed by atoms with Gasteiger partial charge in [-0.25, -0.2) is 4.98 Å². The number of hydrogen-bond acceptors (Lipinski definition) is 3. The molecule has 0 aliphatic heterocycles. The lowest BCUT2D eigenvalue weighted by molar-refractivity contribution is 0.734. The molecule has 4 heteroatoms. The van der Waals surface area contributed by atoms with Crippen molar-refractivity contribution in [2.75, 3.05) is 0 Å². The third-order valence-corrected chi connectivity index (χ3v) is 3.53. The Balaban J connectivity index is 2.24. The van der Waals surface area contributed by atoms with Gasteiger partial charge in [-0.05, 0) is 19.1 Å². The van der Waals surface area contributed by atoms with Crippen LogP contribution in [0.15, 0.2) is 34.1 Å². The van der Waals surface area contributed by atoms with Crippen LogP contribution in [0, 0.1) is 0 Å². The fourth-order valence-corrected chi connectivity index (χ4v) is 2.81. The number of aromatic nitrogens is 1. The quantitative estimate of drug-likeness (QED) is 0.942. The Labute approximate surface area is 108 Å². The fraction of sp³-hybridized carbons (Fsp3) is 0.250. The van der Waals surface area contributed by atoms with Gasteiger partial charge in [-0.1, -0.05) is 28.1 Å². The zero-order chi connectivity index (χ0) is 11.5. The number of rotatable bonds is 3. The van der Waals surface area contributed by atoms with Gasteiger partial charge in [-0.2, -0.15) is 0 Å². The Kier molecular flexibility index (Phi) is 3.74. The summed E-state index contributed by atoms with van der Waals surface area (Å²) in [5.74, 6) is 0. The van der Waals surface area contributed by atoms with Crippen molar-refractivity contribution in [3.63, 3.8) is 0 Å². The number of nitrogens with two attached hydrogens (primary N) is 1. The lowest BCUT2D eigenvalue weighted by Crippen LogP contribution is -2.17. The van der Waals surface area contributed by atoms with Gasteiger partial charge >= 0.3 is 0 Å². The lowest BCUT2D eigenvalue weighted by Gasteiger charge is -2.00. The van der Waals surface area contributed by atoms with E-state index in [2.05, 4.69) is 38.4 Å². The third kappa shape index (κ3) is 2.90. The van der Waals surface area contributed by atoms with Crippen LogP contribution < -0.4 is 5.73 Å². The van der Waals surface area contributed by atoms with E-state index in [0.717, 1.165) is 27.2 Å². The lowest BCUT2D eigenvalue weighted by atomic mass is 10.2. The predicted molar refractivity (Wildman–Crippen MR) is 72.6 cm³/mol. The van der Waals surface area contributed by atoms with E-state index in [0.29, 0.717) is 0 Å². The summed E-state index contributed by atoms with van der Waals surface area (Å²) in [5.41, 5.74) is 7.93. The summed E-state index contributed by atoms with van der Waals surface area (Å²) in [6.07, 6.45) is 0.846. The summed E-state index contributed by atoms with van der Waals surface area (Å²) >= 11 is 5.13. The molecule has 0 saturated carbocycles. The van der Waals surface area contributed by atoms with Gasteiger partial charge in [0.15, 0.2) is 0 Å². The Morgan fingerprint density at radius 3 is 3.00 bits per heavy atom. The summed E-state index contributed by atoms with van der Waals surface area (Å²) in [6, 6.07) is 8.34. The van der Waals surface area contributed by atoms with E-state index in [4.69, 9.17) is 5.73 Å². The smallest absolute Gasteiger partial charge is 0.0947 e. The summed E-state index contributed by atoms with van der Waals surface area (Å²) in [7, 11) is 0. The van der Waals surface area contributed by atoms with Crippen molar-refractivity contribution in [2.24, 2.45) is 5.73 Å². The number of nitrogens with zero attached hydrogens (tertiary/aromatic N) is 1. The van der Waals surface area contributed by atoms with E-state index in [-0.39, 0.29) is 6.04 Å². The van der Waals surface area contributed by atoms with Crippen molar-refractivity contribution >= 4 is 27.3 Å². The molecular weight excluding hydrogens is 284 g/mol. The van der Waals surface area contributed by atoms with Crippen molar-refractivity contribution in [3.8, 4) is 11.3 Å². The van der Waals surface area contributed by atoms with Crippen molar-refractivity contribution in [3.05, 3.63) is 39.1 Å². The van der Waals surface area contributed by atoms with Crippen LogP contribution in [0.1, 0.15) is 11.9 Å². The SMILES string of the molecule is CC(N)Cc1nc(-c2cccc(Br)c2)cs1. The molecule has 0 bridgehead atoms. The topological polar surface area (TPSA) is 38.9 Å². The molecular formula is C12H13BrN2S. The number of hydrogen-bond donors (Lipinski definition) is 1. The van der Waals surface area contributed by atoms with Gasteiger partial charge in [0.2, 0.25) is 0 Å². The van der Waals surface area contributed by atoms with E-state index in [1.807, 2.05) is 19.1 Å².